The van der Waals surface area contributed by atoms with E-state index < -0.39 is 23.7 Å². The number of thiazole rings is 1. The molecule has 1 atom stereocenters. The molecule has 2 N–H and O–H groups in total. The van der Waals surface area contributed by atoms with Crippen molar-refractivity contribution in [2.24, 2.45) is 0 Å². The lowest BCUT2D eigenvalue weighted by Crippen LogP contribution is -2.29. The molecule has 3 aromatic carbocycles. The van der Waals surface area contributed by atoms with E-state index in [9.17, 15) is 24.6 Å². The topological polar surface area (TPSA) is 126 Å². The molecule has 0 radical (unpaired) electrons. The highest BCUT2D eigenvalue weighted by atomic mass is 32.1. The summed E-state index contributed by atoms with van der Waals surface area (Å²) < 4.78 is 11.1. The van der Waals surface area contributed by atoms with Gasteiger partial charge in [0.2, 0.25) is 0 Å². The first-order chi connectivity index (χ1) is 20.7. The average molecular weight is 597 g/mol. The van der Waals surface area contributed by atoms with Gasteiger partial charge in [0, 0.05) is 5.56 Å². The predicted molar refractivity (Wildman–Crippen MR) is 162 cm³/mol. The maximum absolute atomic E-state index is 13.5. The van der Waals surface area contributed by atoms with Crippen LogP contribution in [-0.2, 0) is 20.9 Å². The van der Waals surface area contributed by atoms with Crippen molar-refractivity contribution in [3.05, 3.63) is 124 Å². The molecular formula is C33H28N2O7S. The molecule has 1 amide bonds. The van der Waals surface area contributed by atoms with Gasteiger partial charge >= 0.3 is 11.9 Å². The van der Waals surface area contributed by atoms with Crippen LogP contribution in [0.25, 0.3) is 5.76 Å². The molecule has 0 unspecified atom stereocenters. The third-order valence-corrected chi connectivity index (χ3v) is 7.98. The second kappa shape index (κ2) is 12.3. The average Bonchev–Trinajstić information content (AvgIpc) is 3.51. The van der Waals surface area contributed by atoms with Gasteiger partial charge in [0.1, 0.15) is 35.3 Å². The maximum Gasteiger partial charge on any atom is 0.350 e. The van der Waals surface area contributed by atoms with Gasteiger partial charge in [0.15, 0.2) is 5.13 Å². The number of ether oxygens (including phenoxy) is 2. The first kappa shape index (κ1) is 29.3. The van der Waals surface area contributed by atoms with Gasteiger partial charge in [-0.2, -0.15) is 0 Å². The number of carbonyl (C=O) groups is 3. The molecule has 218 valence electrons. The van der Waals surface area contributed by atoms with Gasteiger partial charge in [0.25, 0.3) is 5.78 Å². The quantitative estimate of drug-likeness (QED) is 0.0791. The number of carbonyl (C=O) groups excluding carboxylic acids is 3. The molecular weight excluding hydrogens is 568 g/mol. The summed E-state index contributed by atoms with van der Waals surface area (Å²) in [6, 6.07) is 19.5. The maximum atomic E-state index is 13.5. The van der Waals surface area contributed by atoms with Crippen LogP contribution in [0.4, 0.5) is 5.13 Å². The summed E-state index contributed by atoms with van der Waals surface area (Å²) in [6.07, 6.45) is 1.43. The molecule has 1 fully saturated rings. The lowest BCUT2D eigenvalue weighted by molar-refractivity contribution is -0.132. The number of Topliss-reactive ketones (excluding diaryl/α,β-unsaturated/α-hetero) is 1. The summed E-state index contributed by atoms with van der Waals surface area (Å²) in [5.41, 5.74) is 2.64. The Morgan fingerprint density at radius 1 is 1.07 bits per heavy atom. The number of aliphatic hydroxyl groups excluding tert-OH is 1. The lowest BCUT2D eigenvalue weighted by atomic mass is 9.95. The molecule has 1 aliphatic rings. The van der Waals surface area contributed by atoms with Crippen molar-refractivity contribution in [3.63, 3.8) is 0 Å². The number of phenols is 1. The summed E-state index contributed by atoms with van der Waals surface area (Å²) in [5.74, 6) is -2.26. The third kappa shape index (κ3) is 5.91. The van der Waals surface area contributed by atoms with Crippen LogP contribution in [0.5, 0.6) is 11.5 Å². The summed E-state index contributed by atoms with van der Waals surface area (Å²) in [7, 11) is 0. The zero-order chi connectivity index (χ0) is 30.7. The van der Waals surface area contributed by atoms with E-state index in [0.29, 0.717) is 34.7 Å². The molecule has 4 aromatic rings. The van der Waals surface area contributed by atoms with Crippen molar-refractivity contribution >= 4 is 39.9 Å². The minimum absolute atomic E-state index is 0.000961. The molecule has 0 bridgehead atoms. The minimum atomic E-state index is -1.09. The van der Waals surface area contributed by atoms with E-state index in [0.717, 1.165) is 21.8 Å². The van der Waals surface area contributed by atoms with Crippen LogP contribution in [0.15, 0.2) is 91.0 Å². The number of aromatic hydroxyl groups is 1. The Morgan fingerprint density at radius 2 is 1.79 bits per heavy atom. The van der Waals surface area contributed by atoms with Crippen LogP contribution >= 0.6 is 11.3 Å². The summed E-state index contributed by atoms with van der Waals surface area (Å²) in [4.78, 5) is 45.3. The molecule has 1 saturated heterocycles. The Labute approximate surface area is 252 Å². The number of benzene rings is 3. The fourth-order valence-electron chi connectivity index (χ4n) is 4.73. The van der Waals surface area contributed by atoms with Gasteiger partial charge < -0.3 is 19.7 Å². The number of rotatable bonds is 9. The van der Waals surface area contributed by atoms with Gasteiger partial charge in [-0.15, -0.1) is 0 Å². The van der Waals surface area contributed by atoms with Crippen molar-refractivity contribution in [1.29, 1.82) is 0 Å². The minimum Gasteiger partial charge on any atom is -0.508 e. The molecule has 43 heavy (non-hydrogen) atoms. The molecule has 10 heteroatoms. The molecule has 0 saturated carbocycles. The largest absolute Gasteiger partial charge is 0.508 e. The number of hydrogen-bond donors (Lipinski definition) is 2. The Balaban J connectivity index is 1.55. The number of esters is 1. The van der Waals surface area contributed by atoms with E-state index in [1.165, 1.54) is 18.2 Å². The molecule has 5 rings (SSSR count). The lowest BCUT2D eigenvalue weighted by Gasteiger charge is -2.23. The second-order valence-electron chi connectivity index (χ2n) is 9.81. The van der Waals surface area contributed by atoms with E-state index in [1.807, 2.05) is 37.3 Å². The van der Waals surface area contributed by atoms with Crippen molar-refractivity contribution in [2.75, 3.05) is 11.5 Å². The van der Waals surface area contributed by atoms with Crippen molar-refractivity contribution in [1.82, 2.24) is 4.98 Å². The van der Waals surface area contributed by atoms with Crippen LogP contribution in [0.2, 0.25) is 0 Å². The number of aryl methyl sites for hydroxylation is 2. The number of hydrogen-bond acceptors (Lipinski definition) is 9. The van der Waals surface area contributed by atoms with E-state index >= 15 is 0 Å². The van der Waals surface area contributed by atoms with Crippen LogP contribution in [0.3, 0.4) is 0 Å². The van der Waals surface area contributed by atoms with Gasteiger partial charge in [-0.1, -0.05) is 66.5 Å². The molecule has 1 aliphatic heterocycles. The summed E-state index contributed by atoms with van der Waals surface area (Å²) in [6.45, 7) is 7.30. The van der Waals surface area contributed by atoms with E-state index in [4.69, 9.17) is 9.47 Å². The van der Waals surface area contributed by atoms with E-state index in [1.54, 1.807) is 37.3 Å². The molecule has 0 aliphatic carbocycles. The summed E-state index contributed by atoms with van der Waals surface area (Å²) >= 11 is 0.903. The second-order valence-corrected chi connectivity index (χ2v) is 10.8. The number of nitrogens with zero attached hydrogens (tertiary/aromatic N) is 2. The number of amides is 1. The van der Waals surface area contributed by atoms with Crippen LogP contribution < -0.4 is 9.64 Å². The predicted octanol–water partition coefficient (Wildman–Crippen LogP) is 6.01. The van der Waals surface area contributed by atoms with Crippen molar-refractivity contribution in [2.45, 2.75) is 26.5 Å². The van der Waals surface area contributed by atoms with E-state index in [2.05, 4.69) is 11.6 Å². The fourth-order valence-corrected chi connectivity index (χ4v) is 5.71. The number of phenolic OH excluding ortho intramolecular Hbond substituents is 1. The van der Waals surface area contributed by atoms with Gasteiger partial charge in [-0.3, -0.25) is 14.5 Å². The number of ketones is 1. The van der Waals surface area contributed by atoms with Crippen LogP contribution in [-0.4, -0.2) is 39.5 Å². The fraction of sp³-hybridized carbons (Fsp3) is 0.152. The Morgan fingerprint density at radius 3 is 2.47 bits per heavy atom. The molecule has 0 spiro atoms. The SMILES string of the molecule is C=CCOC(=O)c1sc(N2C(=O)C(=O)C(=C(O)c3ccc(OCc4ccccc4)c(C)c3)[C@H]2c2ccc(O)cc2)nc1C. The third-order valence-electron chi connectivity index (χ3n) is 6.85. The smallest absolute Gasteiger partial charge is 0.350 e. The zero-order valence-electron chi connectivity index (χ0n) is 23.4. The Bertz CT molecular complexity index is 1740. The number of anilines is 1. The summed E-state index contributed by atoms with van der Waals surface area (Å²) in [5, 5.41) is 21.5. The number of aliphatic hydroxyl groups is 1. The normalized spacial score (nSPS) is 15.9. The highest BCUT2D eigenvalue weighted by Crippen LogP contribution is 2.44. The van der Waals surface area contributed by atoms with Gasteiger partial charge in [-0.05, 0) is 60.9 Å². The van der Waals surface area contributed by atoms with Crippen molar-refractivity contribution in [3.8, 4) is 11.5 Å². The molecule has 9 nitrogen and oxygen atoms in total. The molecule has 1 aromatic heterocycles. The highest BCUT2D eigenvalue weighted by molar-refractivity contribution is 7.17. The van der Waals surface area contributed by atoms with Gasteiger partial charge in [0.05, 0.1) is 17.3 Å². The zero-order valence-corrected chi connectivity index (χ0v) is 24.3. The van der Waals surface area contributed by atoms with Crippen LogP contribution in [0, 0.1) is 13.8 Å². The monoisotopic (exact) mass is 596 g/mol. The van der Waals surface area contributed by atoms with E-state index in [-0.39, 0.29) is 33.7 Å². The van der Waals surface area contributed by atoms with Gasteiger partial charge in [-0.25, -0.2) is 9.78 Å². The number of aromatic nitrogens is 1. The highest BCUT2D eigenvalue weighted by Gasteiger charge is 2.48. The Kier molecular flexibility index (Phi) is 8.40. The molecule has 2 heterocycles. The first-order valence-corrected chi connectivity index (χ1v) is 14.1. The Hall–Kier alpha value is -5.22. The standard InChI is InChI=1S/C33H28N2O7S/c1-4-16-41-32(40)30-20(3)34-33(43-30)35-27(22-10-13-24(36)14-11-22)26(29(38)31(35)39)28(37)23-12-15-25(19(2)17-23)42-18-21-8-6-5-7-9-21/h4-15,17,27,36-37H,1,16,18H2,2-3H3/t27-/m1/s1. The first-order valence-electron chi connectivity index (χ1n) is 13.3. The van der Waals surface area contributed by atoms with Crippen molar-refractivity contribution < 1.29 is 34.1 Å². The van der Waals surface area contributed by atoms with Crippen LogP contribution in [0.1, 0.15) is 43.7 Å².